The SMILES string of the molecule is CC(C)(C)OC(=O)NCCCn1[nH]c(=O)c2ccccc21. The fourth-order valence-corrected chi connectivity index (χ4v) is 2.06. The van der Waals surface area contributed by atoms with Gasteiger partial charge in [-0.25, -0.2) is 4.79 Å². The lowest BCUT2D eigenvalue weighted by molar-refractivity contribution is 0.0526. The van der Waals surface area contributed by atoms with Crippen molar-refractivity contribution >= 4 is 17.0 Å². The number of nitrogens with one attached hydrogen (secondary N) is 2. The maximum absolute atomic E-state index is 11.7. The molecule has 1 heterocycles. The summed E-state index contributed by atoms with van der Waals surface area (Å²) in [4.78, 5) is 23.2. The molecule has 0 aliphatic carbocycles. The fourth-order valence-electron chi connectivity index (χ4n) is 2.06. The number of carbonyl (C=O) groups is 1. The van der Waals surface area contributed by atoms with E-state index in [4.69, 9.17) is 4.74 Å². The normalized spacial score (nSPS) is 11.6. The number of H-pyrrole nitrogens is 1. The lowest BCUT2D eigenvalue weighted by atomic mass is 10.2. The minimum Gasteiger partial charge on any atom is -0.444 e. The molecule has 0 spiro atoms. The van der Waals surface area contributed by atoms with E-state index in [0.29, 0.717) is 24.9 Å². The molecule has 1 amide bonds. The number of aromatic amines is 1. The van der Waals surface area contributed by atoms with Gasteiger partial charge in [0.05, 0.1) is 10.9 Å². The highest BCUT2D eigenvalue weighted by molar-refractivity contribution is 5.78. The van der Waals surface area contributed by atoms with Gasteiger partial charge in [-0.3, -0.25) is 14.6 Å². The molecule has 1 aromatic heterocycles. The van der Waals surface area contributed by atoms with Crippen molar-refractivity contribution < 1.29 is 9.53 Å². The molecule has 0 saturated heterocycles. The zero-order valence-corrected chi connectivity index (χ0v) is 12.6. The van der Waals surface area contributed by atoms with Gasteiger partial charge in [0, 0.05) is 13.1 Å². The summed E-state index contributed by atoms with van der Waals surface area (Å²) in [5.41, 5.74) is 0.289. The highest BCUT2D eigenvalue weighted by atomic mass is 16.6. The molecule has 0 aliphatic heterocycles. The van der Waals surface area contributed by atoms with Crippen molar-refractivity contribution in [2.75, 3.05) is 6.54 Å². The zero-order valence-electron chi connectivity index (χ0n) is 12.6. The van der Waals surface area contributed by atoms with E-state index in [1.54, 1.807) is 10.7 Å². The molecule has 21 heavy (non-hydrogen) atoms. The number of ether oxygens (including phenoxy) is 1. The Balaban J connectivity index is 1.86. The van der Waals surface area contributed by atoms with Crippen molar-refractivity contribution in [3.63, 3.8) is 0 Å². The molecule has 0 fully saturated rings. The third-order valence-corrected chi connectivity index (χ3v) is 2.90. The van der Waals surface area contributed by atoms with Gasteiger partial charge in [0.25, 0.3) is 5.56 Å². The van der Waals surface area contributed by atoms with Crippen LogP contribution in [0.4, 0.5) is 4.79 Å². The first-order chi connectivity index (χ1) is 9.87. The molecule has 114 valence electrons. The second kappa shape index (κ2) is 6.03. The van der Waals surface area contributed by atoms with Crippen LogP contribution in [0.15, 0.2) is 29.1 Å². The largest absolute Gasteiger partial charge is 0.444 e. The van der Waals surface area contributed by atoms with Gasteiger partial charge < -0.3 is 10.1 Å². The van der Waals surface area contributed by atoms with Crippen molar-refractivity contribution in [1.82, 2.24) is 15.1 Å². The van der Waals surface area contributed by atoms with E-state index in [9.17, 15) is 9.59 Å². The molecule has 0 bridgehead atoms. The van der Waals surface area contributed by atoms with Crippen LogP contribution >= 0.6 is 0 Å². The number of aryl methyl sites for hydroxylation is 1. The monoisotopic (exact) mass is 291 g/mol. The van der Waals surface area contributed by atoms with E-state index in [0.717, 1.165) is 5.52 Å². The second-order valence-electron chi connectivity index (χ2n) is 5.89. The van der Waals surface area contributed by atoms with Crippen molar-refractivity contribution in [3.05, 3.63) is 34.6 Å². The van der Waals surface area contributed by atoms with Gasteiger partial charge in [0.1, 0.15) is 5.60 Å². The average Bonchev–Trinajstić information content (AvgIpc) is 2.70. The first-order valence-corrected chi connectivity index (χ1v) is 7.01. The number of aromatic nitrogens is 2. The first kappa shape index (κ1) is 15.2. The van der Waals surface area contributed by atoms with Crippen molar-refractivity contribution in [3.8, 4) is 0 Å². The highest BCUT2D eigenvalue weighted by Gasteiger charge is 2.15. The summed E-state index contributed by atoms with van der Waals surface area (Å²) in [6, 6.07) is 7.43. The number of alkyl carbamates (subject to hydrolysis) is 1. The Morgan fingerprint density at radius 3 is 2.76 bits per heavy atom. The summed E-state index contributed by atoms with van der Waals surface area (Å²) < 4.78 is 6.95. The summed E-state index contributed by atoms with van der Waals surface area (Å²) in [5.74, 6) is 0. The zero-order chi connectivity index (χ0) is 15.5. The number of carbonyl (C=O) groups excluding carboxylic acids is 1. The van der Waals surface area contributed by atoms with Crippen LogP contribution in [-0.2, 0) is 11.3 Å². The van der Waals surface area contributed by atoms with E-state index in [1.807, 2.05) is 39.0 Å². The molecular weight excluding hydrogens is 270 g/mol. The van der Waals surface area contributed by atoms with Crippen LogP contribution in [0.3, 0.4) is 0 Å². The van der Waals surface area contributed by atoms with Crippen LogP contribution in [0, 0.1) is 0 Å². The molecule has 0 saturated carbocycles. The number of hydrogen-bond acceptors (Lipinski definition) is 3. The number of amides is 1. The van der Waals surface area contributed by atoms with Gasteiger partial charge in [-0.15, -0.1) is 0 Å². The van der Waals surface area contributed by atoms with E-state index in [2.05, 4.69) is 10.4 Å². The third kappa shape index (κ3) is 4.11. The Morgan fingerprint density at radius 2 is 2.05 bits per heavy atom. The molecule has 2 rings (SSSR count). The highest BCUT2D eigenvalue weighted by Crippen LogP contribution is 2.09. The average molecular weight is 291 g/mol. The fraction of sp³-hybridized carbons (Fsp3) is 0.467. The van der Waals surface area contributed by atoms with Crippen LogP contribution in [0.5, 0.6) is 0 Å². The molecule has 0 radical (unpaired) electrons. The third-order valence-electron chi connectivity index (χ3n) is 2.90. The van der Waals surface area contributed by atoms with Crippen molar-refractivity contribution in [1.29, 1.82) is 0 Å². The smallest absolute Gasteiger partial charge is 0.407 e. The van der Waals surface area contributed by atoms with E-state index >= 15 is 0 Å². The van der Waals surface area contributed by atoms with Crippen LogP contribution < -0.4 is 10.9 Å². The molecule has 0 unspecified atom stereocenters. The number of benzene rings is 1. The minimum absolute atomic E-state index is 0.0919. The van der Waals surface area contributed by atoms with E-state index in [1.165, 1.54) is 0 Å². The molecule has 2 aromatic rings. The summed E-state index contributed by atoms with van der Waals surface area (Å²) in [6.07, 6.45) is 0.279. The van der Waals surface area contributed by atoms with E-state index < -0.39 is 11.7 Å². The van der Waals surface area contributed by atoms with Crippen molar-refractivity contribution in [2.45, 2.75) is 39.3 Å². The molecule has 1 aromatic carbocycles. The Kier molecular flexibility index (Phi) is 4.35. The molecule has 2 N–H and O–H groups in total. The molecule has 6 nitrogen and oxygen atoms in total. The number of rotatable bonds is 4. The van der Waals surface area contributed by atoms with Crippen molar-refractivity contribution in [2.24, 2.45) is 0 Å². The molecular formula is C15H21N3O3. The number of nitrogens with zero attached hydrogens (tertiary/aromatic N) is 1. The molecule has 6 heteroatoms. The lowest BCUT2D eigenvalue weighted by Gasteiger charge is -2.19. The predicted octanol–water partition coefficient (Wildman–Crippen LogP) is 2.24. The maximum Gasteiger partial charge on any atom is 0.407 e. The van der Waals surface area contributed by atoms with Gasteiger partial charge >= 0.3 is 6.09 Å². The van der Waals surface area contributed by atoms with E-state index in [-0.39, 0.29) is 5.56 Å². The predicted molar refractivity (Wildman–Crippen MR) is 81.4 cm³/mol. The first-order valence-electron chi connectivity index (χ1n) is 7.01. The van der Waals surface area contributed by atoms with Gasteiger partial charge in [-0.1, -0.05) is 12.1 Å². The van der Waals surface area contributed by atoms with Gasteiger partial charge in [-0.2, -0.15) is 0 Å². The summed E-state index contributed by atoms with van der Waals surface area (Å²) in [6.45, 7) is 6.58. The molecule has 0 atom stereocenters. The summed E-state index contributed by atoms with van der Waals surface area (Å²) in [7, 11) is 0. The summed E-state index contributed by atoms with van der Waals surface area (Å²) >= 11 is 0. The standard InChI is InChI=1S/C15H21N3O3/c1-15(2,3)21-14(20)16-9-6-10-18-12-8-5-4-7-11(12)13(19)17-18/h4-5,7-8H,6,9-10H2,1-3H3,(H,16,20)(H,17,19). The maximum atomic E-state index is 11.7. The Labute approximate surface area is 123 Å². The Morgan fingerprint density at radius 1 is 1.33 bits per heavy atom. The number of fused-ring (bicyclic) bond motifs is 1. The van der Waals surface area contributed by atoms with Crippen LogP contribution in [0.1, 0.15) is 27.2 Å². The number of para-hydroxylation sites is 1. The lowest BCUT2D eigenvalue weighted by Crippen LogP contribution is -2.33. The molecule has 0 aliphatic rings. The Hall–Kier alpha value is -2.24. The van der Waals surface area contributed by atoms with Gasteiger partial charge in [0.2, 0.25) is 0 Å². The second-order valence-corrected chi connectivity index (χ2v) is 5.89. The van der Waals surface area contributed by atoms with Crippen LogP contribution in [0.2, 0.25) is 0 Å². The van der Waals surface area contributed by atoms with Crippen LogP contribution in [-0.4, -0.2) is 28.0 Å². The van der Waals surface area contributed by atoms with Crippen LogP contribution in [0.25, 0.3) is 10.9 Å². The quantitative estimate of drug-likeness (QED) is 0.848. The van der Waals surface area contributed by atoms with Gasteiger partial charge in [-0.05, 0) is 39.3 Å². The number of hydrogen-bond donors (Lipinski definition) is 2. The topological polar surface area (TPSA) is 76.1 Å². The van der Waals surface area contributed by atoms with Gasteiger partial charge in [0.15, 0.2) is 0 Å². The minimum atomic E-state index is -0.494. The Bertz CT molecular complexity index is 679. The summed E-state index contributed by atoms with van der Waals surface area (Å²) in [5, 5.41) is 6.17.